The Morgan fingerprint density at radius 3 is 1.65 bits per heavy atom. The van der Waals surface area contributed by atoms with E-state index in [9.17, 15) is 14.3 Å². The second-order valence-electron chi connectivity index (χ2n) is 15.4. The van der Waals surface area contributed by atoms with Gasteiger partial charge in [-0.2, -0.15) is 0 Å². The molecule has 0 rings (SSSR count). The molecule has 0 aromatic heterocycles. The van der Waals surface area contributed by atoms with E-state index in [-0.39, 0.29) is 25.8 Å². The zero-order chi connectivity index (χ0) is 37.7. The van der Waals surface area contributed by atoms with Gasteiger partial charge in [-0.25, -0.2) is 4.57 Å². The first-order chi connectivity index (χ1) is 24.6. The molecule has 51 heavy (non-hydrogen) atoms. The molecule has 2 unspecified atom stereocenters. The van der Waals surface area contributed by atoms with Crippen molar-refractivity contribution in [3.8, 4) is 0 Å². The summed E-state index contributed by atoms with van der Waals surface area (Å²) in [5.41, 5.74) is 0. The van der Waals surface area contributed by atoms with Gasteiger partial charge in [0.2, 0.25) is 0 Å². The molecule has 1 N–H and O–H groups in total. The molecule has 0 radical (unpaired) electrons. The number of rotatable bonds is 39. The van der Waals surface area contributed by atoms with Gasteiger partial charge in [0.15, 0.2) is 0 Å². The van der Waals surface area contributed by atoms with Gasteiger partial charge < -0.3 is 18.9 Å². The quantitative estimate of drug-likeness (QED) is 0.0220. The van der Waals surface area contributed by atoms with Crippen LogP contribution >= 0.6 is 7.82 Å². The molecule has 302 valence electrons. The molecule has 0 spiro atoms. The Bertz CT molecular complexity index is 874. The number of carbonyl (C=O) groups is 1. The number of esters is 1. The largest absolute Gasteiger partial charge is 0.472 e. The Kier molecular flexibility index (Phi) is 35.3. The van der Waals surface area contributed by atoms with Gasteiger partial charge >= 0.3 is 13.8 Å². The molecular weight excluding hydrogens is 661 g/mol. The number of phosphoric ester groups is 1. The van der Waals surface area contributed by atoms with E-state index < -0.39 is 13.9 Å². The van der Waals surface area contributed by atoms with Crippen molar-refractivity contribution in [2.45, 2.75) is 187 Å². The standard InChI is InChI=1S/C42H82NO7P/c1-6-8-10-12-14-16-18-20-22-24-26-28-30-32-34-37-47-39-41(40-49-51(45,46)48-38-36-43(3,4)5)50-42(44)35-33-31-29-27-25-23-21-19-17-15-13-11-9-7-2/h13,15,19,21,41H,6-12,14,16-18,20,22-40H2,1-5H3/p+1/b15-13-,21-19-. The maximum absolute atomic E-state index is 12.6. The molecule has 0 aromatic carbocycles. The monoisotopic (exact) mass is 745 g/mol. The smallest absolute Gasteiger partial charge is 0.457 e. The first kappa shape index (κ1) is 50.0. The summed E-state index contributed by atoms with van der Waals surface area (Å²) in [4.78, 5) is 22.8. The van der Waals surface area contributed by atoms with E-state index in [1.54, 1.807) is 0 Å². The fourth-order valence-electron chi connectivity index (χ4n) is 5.69. The van der Waals surface area contributed by atoms with Crippen molar-refractivity contribution >= 4 is 13.8 Å². The fraction of sp³-hybridized carbons (Fsp3) is 0.881. The summed E-state index contributed by atoms with van der Waals surface area (Å²) < 4.78 is 34.9. The third-order valence-corrected chi connectivity index (χ3v) is 10.00. The summed E-state index contributed by atoms with van der Waals surface area (Å²) in [6, 6.07) is 0. The highest BCUT2D eigenvalue weighted by atomic mass is 31.2. The van der Waals surface area contributed by atoms with E-state index in [1.807, 2.05) is 21.1 Å². The number of carbonyl (C=O) groups excluding carboxylic acids is 1. The normalized spacial score (nSPS) is 14.1. The number of allylic oxidation sites excluding steroid dienone is 4. The molecule has 0 bridgehead atoms. The van der Waals surface area contributed by atoms with Gasteiger partial charge in [-0.05, 0) is 38.5 Å². The minimum absolute atomic E-state index is 0.0875. The van der Waals surface area contributed by atoms with Crippen LogP contribution in [0.15, 0.2) is 24.3 Å². The molecule has 0 aromatic rings. The maximum Gasteiger partial charge on any atom is 0.472 e. The molecule has 0 saturated carbocycles. The predicted octanol–water partition coefficient (Wildman–Crippen LogP) is 12.0. The lowest BCUT2D eigenvalue weighted by Gasteiger charge is -2.24. The van der Waals surface area contributed by atoms with Gasteiger partial charge in [0, 0.05) is 13.0 Å². The minimum atomic E-state index is -4.27. The predicted molar refractivity (Wildman–Crippen MR) is 215 cm³/mol. The van der Waals surface area contributed by atoms with Crippen LogP contribution in [-0.2, 0) is 27.9 Å². The van der Waals surface area contributed by atoms with Gasteiger partial charge in [-0.3, -0.25) is 13.8 Å². The van der Waals surface area contributed by atoms with Crippen LogP contribution in [0.4, 0.5) is 0 Å². The van der Waals surface area contributed by atoms with Gasteiger partial charge in [-0.1, -0.05) is 160 Å². The van der Waals surface area contributed by atoms with Crippen LogP contribution in [0, 0.1) is 0 Å². The number of likely N-dealkylation sites (N-methyl/N-ethyl adjacent to an activating group) is 1. The van der Waals surface area contributed by atoms with Crippen molar-refractivity contribution in [3.05, 3.63) is 24.3 Å². The summed E-state index contributed by atoms with van der Waals surface area (Å²) in [5.74, 6) is -0.326. The van der Waals surface area contributed by atoms with Crippen molar-refractivity contribution in [1.29, 1.82) is 0 Å². The van der Waals surface area contributed by atoms with Crippen molar-refractivity contribution in [2.24, 2.45) is 0 Å². The molecule has 8 nitrogen and oxygen atoms in total. The maximum atomic E-state index is 12.6. The molecule has 0 saturated heterocycles. The first-order valence-electron chi connectivity index (χ1n) is 21.1. The van der Waals surface area contributed by atoms with Crippen molar-refractivity contribution in [1.82, 2.24) is 0 Å². The third-order valence-electron chi connectivity index (χ3n) is 9.02. The molecule has 0 aliphatic rings. The van der Waals surface area contributed by atoms with Crippen LogP contribution in [0.3, 0.4) is 0 Å². The first-order valence-corrected chi connectivity index (χ1v) is 22.6. The Morgan fingerprint density at radius 2 is 1.10 bits per heavy atom. The van der Waals surface area contributed by atoms with Crippen LogP contribution in [0.25, 0.3) is 0 Å². The van der Waals surface area contributed by atoms with Crippen LogP contribution in [-0.4, -0.2) is 75.6 Å². The van der Waals surface area contributed by atoms with Crippen molar-refractivity contribution < 1.29 is 37.3 Å². The number of ether oxygens (including phenoxy) is 2. The summed E-state index contributed by atoms with van der Waals surface area (Å²) in [5, 5.41) is 0. The fourth-order valence-corrected chi connectivity index (χ4v) is 6.43. The average Bonchev–Trinajstić information content (AvgIpc) is 3.08. The molecule has 0 heterocycles. The van der Waals surface area contributed by atoms with E-state index in [1.165, 1.54) is 103 Å². The topological polar surface area (TPSA) is 91.3 Å². The number of hydrogen-bond acceptors (Lipinski definition) is 6. The summed E-state index contributed by atoms with van der Waals surface area (Å²) in [7, 11) is 1.66. The molecular formula is C42H83NO7P+. The van der Waals surface area contributed by atoms with Crippen LogP contribution < -0.4 is 0 Å². The minimum Gasteiger partial charge on any atom is -0.457 e. The molecule has 9 heteroatoms. The Labute approximate surface area is 315 Å². The number of hydrogen-bond donors (Lipinski definition) is 1. The van der Waals surface area contributed by atoms with Crippen LogP contribution in [0.2, 0.25) is 0 Å². The zero-order valence-electron chi connectivity index (χ0n) is 34.1. The molecule has 0 fully saturated rings. The Hall–Kier alpha value is -1.02. The average molecular weight is 745 g/mol. The van der Waals surface area contributed by atoms with Crippen LogP contribution in [0.5, 0.6) is 0 Å². The number of phosphoric acid groups is 1. The second kappa shape index (κ2) is 36.0. The highest BCUT2D eigenvalue weighted by Crippen LogP contribution is 2.43. The summed E-state index contributed by atoms with van der Waals surface area (Å²) >= 11 is 0. The van der Waals surface area contributed by atoms with E-state index in [0.29, 0.717) is 24.1 Å². The van der Waals surface area contributed by atoms with Crippen LogP contribution in [0.1, 0.15) is 181 Å². The Balaban J connectivity index is 4.26. The highest BCUT2D eigenvalue weighted by Gasteiger charge is 2.26. The lowest BCUT2D eigenvalue weighted by molar-refractivity contribution is -0.870. The number of quaternary nitrogens is 1. The van der Waals surface area contributed by atoms with E-state index in [4.69, 9.17) is 18.5 Å². The lowest BCUT2D eigenvalue weighted by Crippen LogP contribution is -2.37. The van der Waals surface area contributed by atoms with Crippen molar-refractivity contribution in [3.63, 3.8) is 0 Å². The van der Waals surface area contributed by atoms with Gasteiger partial charge in [-0.15, -0.1) is 0 Å². The molecule has 0 aliphatic carbocycles. The summed E-state index contributed by atoms with van der Waals surface area (Å²) in [6.07, 6.45) is 39.1. The van der Waals surface area contributed by atoms with E-state index in [2.05, 4.69) is 38.2 Å². The third kappa shape index (κ3) is 40.0. The highest BCUT2D eigenvalue weighted by molar-refractivity contribution is 7.47. The molecule has 0 aliphatic heterocycles. The summed E-state index contributed by atoms with van der Waals surface area (Å²) in [6.45, 7) is 5.58. The number of nitrogens with zero attached hydrogens (tertiary/aromatic N) is 1. The molecule has 0 amide bonds. The van der Waals surface area contributed by atoms with E-state index >= 15 is 0 Å². The van der Waals surface area contributed by atoms with Gasteiger partial charge in [0.25, 0.3) is 0 Å². The molecule has 2 atom stereocenters. The SMILES string of the molecule is CCCC/C=C\C/C=C\CCCCCCCC(=O)OC(COCCCCCCCCCCCCCCCCC)COP(=O)(O)OCC[N+](C)(C)C. The second-order valence-corrected chi connectivity index (χ2v) is 16.8. The van der Waals surface area contributed by atoms with Gasteiger partial charge in [0.05, 0.1) is 34.4 Å². The Morgan fingerprint density at radius 1 is 0.608 bits per heavy atom. The number of unbranched alkanes of at least 4 members (excludes halogenated alkanes) is 21. The van der Waals surface area contributed by atoms with E-state index in [0.717, 1.165) is 57.8 Å². The lowest BCUT2D eigenvalue weighted by atomic mass is 10.0. The van der Waals surface area contributed by atoms with Crippen molar-refractivity contribution in [2.75, 3.05) is 54.1 Å². The zero-order valence-corrected chi connectivity index (χ0v) is 35.0. The van der Waals surface area contributed by atoms with Gasteiger partial charge in [0.1, 0.15) is 19.3 Å².